The Morgan fingerprint density at radius 3 is 3.16 bits per heavy atom. The van der Waals surface area contributed by atoms with Crippen LogP contribution in [-0.4, -0.2) is 39.0 Å². The predicted molar refractivity (Wildman–Crippen MR) is 70.3 cm³/mol. The molecule has 1 unspecified atom stereocenters. The summed E-state index contributed by atoms with van der Waals surface area (Å²) in [6.45, 7) is 0.789. The maximum Gasteiger partial charge on any atom is 0.267 e. The van der Waals surface area contributed by atoms with E-state index in [0.717, 1.165) is 18.6 Å². The maximum absolute atomic E-state index is 12.1. The van der Waals surface area contributed by atoms with Gasteiger partial charge in [0, 0.05) is 25.0 Å². The summed E-state index contributed by atoms with van der Waals surface area (Å²) < 4.78 is 1.52. The highest BCUT2D eigenvalue weighted by Gasteiger charge is 2.30. The first-order valence-corrected chi connectivity index (χ1v) is 7.34. The van der Waals surface area contributed by atoms with Crippen LogP contribution in [0.15, 0.2) is 16.1 Å². The second kappa shape index (κ2) is 4.97. The lowest BCUT2D eigenvalue weighted by atomic mass is 10.2. The van der Waals surface area contributed by atoms with Crippen molar-refractivity contribution in [3.05, 3.63) is 22.1 Å². The van der Waals surface area contributed by atoms with Crippen molar-refractivity contribution in [1.82, 2.24) is 14.9 Å². The molecule has 0 bridgehead atoms. The summed E-state index contributed by atoms with van der Waals surface area (Å²) >= 11 is 1.51. The van der Waals surface area contributed by atoms with Gasteiger partial charge in [-0.15, -0.1) is 0 Å². The number of nitrogens with zero attached hydrogens (tertiary/aromatic N) is 2. The minimum atomic E-state index is -0.510. The summed E-state index contributed by atoms with van der Waals surface area (Å²) in [7, 11) is 0. The van der Waals surface area contributed by atoms with Crippen molar-refractivity contribution >= 4 is 17.7 Å². The Labute approximate surface area is 114 Å². The van der Waals surface area contributed by atoms with Crippen LogP contribution in [0, 0.1) is 5.92 Å². The fourth-order valence-corrected chi connectivity index (χ4v) is 3.03. The number of aliphatic hydroxyl groups excluding tert-OH is 1. The summed E-state index contributed by atoms with van der Waals surface area (Å²) in [5, 5.41) is 13.0. The zero-order valence-corrected chi connectivity index (χ0v) is 11.2. The lowest BCUT2D eigenvalue weighted by molar-refractivity contribution is 0.0898. The Morgan fingerprint density at radius 1 is 1.63 bits per heavy atom. The normalized spacial score (nSPS) is 19.0. The van der Waals surface area contributed by atoms with Crippen LogP contribution < -0.4 is 10.9 Å². The van der Waals surface area contributed by atoms with Gasteiger partial charge in [0.15, 0.2) is 5.16 Å². The number of nitrogens with one attached hydrogen (secondary N) is 1. The number of aliphatic hydroxyl groups is 1. The van der Waals surface area contributed by atoms with Crippen LogP contribution in [0.5, 0.6) is 0 Å². The smallest absolute Gasteiger partial charge is 0.267 e. The minimum absolute atomic E-state index is 0.0502. The van der Waals surface area contributed by atoms with Gasteiger partial charge in [-0.1, -0.05) is 11.8 Å². The van der Waals surface area contributed by atoms with Crippen molar-refractivity contribution in [2.24, 2.45) is 5.92 Å². The van der Waals surface area contributed by atoms with Gasteiger partial charge in [-0.3, -0.25) is 14.2 Å². The van der Waals surface area contributed by atoms with E-state index in [-0.39, 0.29) is 17.7 Å². The van der Waals surface area contributed by atoms with Crippen molar-refractivity contribution in [1.29, 1.82) is 0 Å². The molecule has 102 valence electrons. The Morgan fingerprint density at radius 2 is 2.42 bits per heavy atom. The molecule has 1 atom stereocenters. The van der Waals surface area contributed by atoms with Crippen molar-refractivity contribution in [2.45, 2.75) is 30.6 Å². The molecule has 19 heavy (non-hydrogen) atoms. The summed E-state index contributed by atoms with van der Waals surface area (Å²) in [4.78, 5) is 28.1. The number of hydrogen-bond acceptors (Lipinski definition) is 5. The standard InChI is InChI=1S/C12H15N3O3S/c16-9(7-1-2-7)6-13-10(17)8-5-14-12-15(11(8)18)3-4-19-12/h5,7,9,16H,1-4,6H2,(H,13,17). The number of carbonyl (C=O) groups is 1. The third-order valence-electron chi connectivity index (χ3n) is 3.44. The van der Waals surface area contributed by atoms with Crippen LogP contribution in [0.2, 0.25) is 0 Å². The zero-order valence-electron chi connectivity index (χ0n) is 10.3. The number of thioether (sulfide) groups is 1. The van der Waals surface area contributed by atoms with Crippen molar-refractivity contribution in [2.75, 3.05) is 12.3 Å². The number of carbonyl (C=O) groups excluding carboxylic acids is 1. The van der Waals surface area contributed by atoms with Crippen LogP contribution >= 0.6 is 11.8 Å². The molecular weight excluding hydrogens is 266 g/mol. The molecule has 0 spiro atoms. The zero-order chi connectivity index (χ0) is 13.4. The topological polar surface area (TPSA) is 84.2 Å². The van der Waals surface area contributed by atoms with E-state index in [4.69, 9.17) is 0 Å². The molecular formula is C12H15N3O3S. The molecule has 0 aromatic carbocycles. The third kappa shape index (κ3) is 2.52. The Hall–Kier alpha value is -1.34. The number of hydrogen-bond donors (Lipinski definition) is 2. The highest BCUT2D eigenvalue weighted by molar-refractivity contribution is 7.99. The Balaban J connectivity index is 1.71. The molecule has 0 saturated heterocycles. The Kier molecular flexibility index (Phi) is 3.32. The molecule has 1 aromatic rings. The maximum atomic E-state index is 12.1. The number of fused-ring (bicyclic) bond motifs is 1. The predicted octanol–water partition coefficient (Wildman–Crippen LogP) is -0.150. The highest BCUT2D eigenvalue weighted by Crippen LogP contribution is 2.32. The minimum Gasteiger partial charge on any atom is -0.391 e. The molecule has 0 radical (unpaired) electrons. The van der Waals surface area contributed by atoms with Gasteiger partial charge < -0.3 is 10.4 Å². The second-order valence-electron chi connectivity index (χ2n) is 4.87. The summed E-state index contributed by atoms with van der Waals surface area (Å²) in [5.41, 5.74) is -0.248. The fourth-order valence-electron chi connectivity index (χ4n) is 2.11. The average molecular weight is 281 g/mol. The van der Waals surface area contributed by atoms with Crippen LogP contribution in [0.25, 0.3) is 0 Å². The average Bonchev–Trinajstić information content (AvgIpc) is 3.14. The molecule has 7 heteroatoms. The van der Waals surface area contributed by atoms with E-state index >= 15 is 0 Å². The Bertz CT molecular complexity index is 568. The van der Waals surface area contributed by atoms with Crippen LogP contribution in [0.1, 0.15) is 23.2 Å². The SMILES string of the molecule is O=C(NCC(O)C1CC1)c1cnc2n(c1=O)CCS2. The monoisotopic (exact) mass is 281 g/mol. The van der Waals surface area contributed by atoms with E-state index in [2.05, 4.69) is 10.3 Å². The van der Waals surface area contributed by atoms with E-state index in [1.165, 1.54) is 22.5 Å². The van der Waals surface area contributed by atoms with Crippen molar-refractivity contribution < 1.29 is 9.90 Å². The third-order valence-corrected chi connectivity index (χ3v) is 4.41. The summed E-state index contributed by atoms with van der Waals surface area (Å²) in [5.74, 6) is 0.661. The molecule has 2 aliphatic rings. The quantitative estimate of drug-likeness (QED) is 0.750. The van der Waals surface area contributed by atoms with Gasteiger partial charge in [0.25, 0.3) is 11.5 Å². The number of amides is 1. The van der Waals surface area contributed by atoms with Crippen LogP contribution in [0.4, 0.5) is 0 Å². The molecule has 2 N–H and O–H groups in total. The van der Waals surface area contributed by atoms with Gasteiger partial charge >= 0.3 is 0 Å². The van der Waals surface area contributed by atoms with Crippen LogP contribution in [-0.2, 0) is 6.54 Å². The van der Waals surface area contributed by atoms with Gasteiger partial charge in [-0.25, -0.2) is 4.98 Å². The molecule has 1 aliphatic carbocycles. The first-order chi connectivity index (χ1) is 9.16. The largest absolute Gasteiger partial charge is 0.391 e. The van der Waals surface area contributed by atoms with Crippen molar-refractivity contribution in [3.63, 3.8) is 0 Å². The van der Waals surface area contributed by atoms with Crippen molar-refractivity contribution in [3.8, 4) is 0 Å². The first-order valence-electron chi connectivity index (χ1n) is 6.35. The van der Waals surface area contributed by atoms with Crippen LogP contribution in [0.3, 0.4) is 0 Å². The van der Waals surface area contributed by atoms with E-state index in [0.29, 0.717) is 17.6 Å². The van der Waals surface area contributed by atoms with E-state index < -0.39 is 12.0 Å². The summed E-state index contributed by atoms with van der Waals surface area (Å²) in [6, 6.07) is 0. The van der Waals surface area contributed by atoms with E-state index in [9.17, 15) is 14.7 Å². The molecule has 1 saturated carbocycles. The molecule has 1 aromatic heterocycles. The second-order valence-corrected chi connectivity index (χ2v) is 5.94. The molecule has 1 aliphatic heterocycles. The van der Waals surface area contributed by atoms with Gasteiger partial charge in [0.2, 0.25) is 0 Å². The number of rotatable bonds is 4. The highest BCUT2D eigenvalue weighted by atomic mass is 32.2. The van der Waals surface area contributed by atoms with Gasteiger partial charge in [-0.05, 0) is 18.8 Å². The lowest BCUT2D eigenvalue weighted by Crippen LogP contribution is -2.37. The molecule has 2 heterocycles. The van der Waals surface area contributed by atoms with Gasteiger partial charge in [-0.2, -0.15) is 0 Å². The molecule has 3 rings (SSSR count). The fraction of sp³-hybridized carbons (Fsp3) is 0.583. The van der Waals surface area contributed by atoms with E-state index in [1.807, 2.05) is 0 Å². The van der Waals surface area contributed by atoms with Gasteiger partial charge in [0.05, 0.1) is 6.10 Å². The summed E-state index contributed by atoms with van der Waals surface area (Å²) in [6.07, 6.45) is 2.84. The first kappa shape index (κ1) is 12.7. The molecule has 1 amide bonds. The van der Waals surface area contributed by atoms with Gasteiger partial charge in [0.1, 0.15) is 5.56 Å². The molecule has 6 nitrogen and oxygen atoms in total. The molecule has 1 fully saturated rings. The van der Waals surface area contributed by atoms with E-state index in [1.54, 1.807) is 0 Å². The lowest BCUT2D eigenvalue weighted by Gasteiger charge is -2.10. The number of aromatic nitrogens is 2.